The van der Waals surface area contributed by atoms with Gasteiger partial charge in [-0.05, 0) is 38.7 Å². The van der Waals surface area contributed by atoms with E-state index < -0.39 is 0 Å². The van der Waals surface area contributed by atoms with Crippen molar-refractivity contribution in [1.82, 2.24) is 19.7 Å². The highest BCUT2D eigenvalue weighted by Gasteiger charge is 2.23. The van der Waals surface area contributed by atoms with Crippen LogP contribution in [0.4, 0.5) is 0 Å². The van der Waals surface area contributed by atoms with Crippen LogP contribution in [0.15, 0.2) is 29.4 Å². The summed E-state index contributed by atoms with van der Waals surface area (Å²) in [5, 5.41) is 9.38. The Morgan fingerprint density at radius 2 is 2.08 bits per heavy atom. The molecule has 2 aromatic rings. The number of piperidine rings is 1. The first-order valence-corrected chi connectivity index (χ1v) is 9.44. The van der Waals surface area contributed by atoms with Crippen LogP contribution in [0.3, 0.4) is 0 Å². The molecule has 0 radical (unpaired) electrons. The quantitative estimate of drug-likeness (QED) is 0.799. The molecule has 0 N–H and O–H groups in total. The van der Waals surface area contributed by atoms with Crippen molar-refractivity contribution in [2.75, 3.05) is 12.3 Å². The Morgan fingerprint density at radius 1 is 1.29 bits per heavy atom. The Bertz CT molecular complexity index is 728. The van der Waals surface area contributed by atoms with E-state index in [4.69, 9.17) is 0 Å². The van der Waals surface area contributed by atoms with Crippen molar-refractivity contribution in [1.29, 1.82) is 0 Å². The van der Waals surface area contributed by atoms with Crippen molar-refractivity contribution in [3.05, 3.63) is 29.8 Å². The van der Waals surface area contributed by atoms with E-state index in [2.05, 4.69) is 30.1 Å². The Morgan fingerprint density at radius 3 is 2.83 bits per heavy atom. The van der Waals surface area contributed by atoms with Crippen molar-refractivity contribution in [3.8, 4) is 11.4 Å². The third kappa shape index (κ3) is 3.48. The maximum Gasteiger partial charge on any atom is 0.233 e. The van der Waals surface area contributed by atoms with Crippen LogP contribution in [0.25, 0.3) is 11.4 Å². The fourth-order valence-electron chi connectivity index (χ4n) is 3.18. The first kappa shape index (κ1) is 17.0. The van der Waals surface area contributed by atoms with Gasteiger partial charge in [0.2, 0.25) is 5.91 Å². The van der Waals surface area contributed by atoms with Crippen LogP contribution in [0, 0.1) is 6.92 Å². The fourth-order valence-corrected chi connectivity index (χ4v) is 3.97. The van der Waals surface area contributed by atoms with E-state index in [-0.39, 0.29) is 5.91 Å². The molecule has 1 atom stereocenters. The van der Waals surface area contributed by atoms with E-state index in [9.17, 15) is 4.79 Å². The number of thioether (sulfide) groups is 1. The SMILES string of the molecule is Cc1ccccc1-c1nnc(SCC(=O)N2CCCC[C@H]2C)n1C. The smallest absolute Gasteiger partial charge is 0.233 e. The topological polar surface area (TPSA) is 51.0 Å². The molecule has 3 rings (SSSR count). The lowest BCUT2D eigenvalue weighted by molar-refractivity contribution is -0.131. The second-order valence-corrected chi connectivity index (χ2v) is 7.34. The minimum Gasteiger partial charge on any atom is -0.339 e. The summed E-state index contributed by atoms with van der Waals surface area (Å²) in [4.78, 5) is 14.5. The van der Waals surface area contributed by atoms with Gasteiger partial charge < -0.3 is 9.47 Å². The average molecular weight is 344 g/mol. The Labute approximate surface area is 147 Å². The number of carbonyl (C=O) groups excluding carboxylic acids is 1. The van der Waals surface area contributed by atoms with Crippen LogP contribution in [0.2, 0.25) is 0 Å². The van der Waals surface area contributed by atoms with Crippen molar-refractivity contribution in [2.45, 2.75) is 44.3 Å². The fraction of sp³-hybridized carbons (Fsp3) is 0.500. The molecule has 1 aromatic carbocycles. The maximum atomic E-state index is 12.5. The first-order chi connectivity index (χ1) is 11.6. The van der Waals surface area contributed by atoms with Gasteiger partial charge in [0.1, 0.15) is 0 Å². The molecule has 0 aliphatic carbocycles. The lowest BCUT2D eigenvalue weighted by atomic mass is 10.0. The van der Waals surface area contributed by atoms with Crippen molar-refractivity contribution < 1.29 is 4.79 Å². The molecule has 1 amide bonds. The molecule has 24 heavy (non-hydrogen) atoms. The number of aryl methyl sites for hydroxylation is 1. The summed E-state index contributed by atoms with van der Waals surface area (Å²) in [7, 11) is 1.96. The van der Waals surface area contributed by atoms with Gasteiger partial charge in [0, 0.05) is 25.2 Å². The zero-order chi connectivity index (χ0) is 17.1. The lowest BCUT2D eigenvalue weighted by Gasteiger charge is -2.33. The number of carbonyl (C=O) groups is 1. The molecule has 1 aromatic heterocycles. The van der Waals surface area contributed by atoms with Crippen LogP contribution in [-0.2, 0) is 11.8 Å². The van der Waals surface area contributed by atoms with E-state index in [1.165, 1.54) is 23.7 Å². The van der Waals surface area contributed by atoms with Crippen LogP contribution >= 0.6 is 11.8 Å². The maximum absolute atomic E-state index is 12.5. The van der Waals surface area contributed by atoms with Crippen LogP contribution in [0.1, 0.15) is 31.7 Å². The molecule has 1 aliphatic heterocycles. The molecule has 1 fully saturated rings. The lowest BCUT2D eigenvalue weighted by Crippen LogP contribution is -2.42. The van der Waals surface area contributed by atoms with Gasteiger partial charge in [-0.25, -0.2) is 0 Å². The Kier molecular flexibility index (Phi) is 5.23. The number of likely N-dealkylation sites (tertiary alicyclic amines) is 1. The summed E-state index contributed by atoms with van der Waals surface area (Å²) >= 11 is 1.47. The number of aromatic nitrogens is 3. The zero-order valence-electron chi connectivity index (χ0n) is 14.5. The highest BCUT2D eigenvalue weighted by atomic mass is 32.2. The number of nitrogens with zero attached hydrogens (tertiary/aromatic N) is 4. The molecule has 2 heterocycles. The van der Waals surface area contributed by atoms with Crippen molar-refractivity contribution in [2.24, 2.45) is 7.05 Å². The normalized spacial score (nSPS) is 18.0. The first-order valence-electron chi connectivity index (χ1n) is 8.45. The molecule has 6 heteroatoms. The molecule has 0 bridgehead atoms. The second kappa shape index (κ2) is 7.38. The van der Waals surface area contributed by atoms with E-state index in [1.54, 1.807) is 0 Å². The summed E-state index contributed by atoms with van der Waals surface area (Å²) in [5.74, 6) is 1.46. The predicted molar refractivity (Wildman–Crippen MR) is 96.9 cm³/mol. The van der Waals surface area contributed by atoms with Gasteiger partial charge >= 0.3 is 0 Å². The summed E-state index contributed by atoms with van der Waals surface area (Å²) in [6.07, 6.45) is 3.45. The summed E-state index contributed by atoms with van der Waals surface area (Å²) in [5.41, 5.74) is 2.25. The van der Waals surface area contributed by atoms with E-state index in [1.807, 2.05) is 34.7 Å². The highest BCUT2D eigenvalue weighted by Crippen LogP contribution is 2.26. The van der Waals surface area contributed by atoms with Gasteiger partial charge in [0.05, 0.1) is 5.75 Å². The molecular weight excluding hydrogens is 320 g/mol. The van der Waals surface area contributed by atoms with Gasteiger partial charge in [-0.3, -0.25) is 4.79 Å². The third-order valence-electron chi connectivity index (χ3n) is 4.67. The van der Waals surface area contributed by atoms with Gasteiger partial charge in [-0.2, -0.15) is 0 Å². The largest absolute Gasteiger partial charge is 0.339 e. The molecule has 0 spiro atoms. The number of hydrogen-bond donors (Lipinski definition) is 0. The van der Waals surface area contributed by atoms with Crippen LogP contribution < -0.4 is 0 Å². The van der Waals surface area contributed by atoms with Gasteiger partial charge in [-0.1, -0.05) is 36.0 Å². The number of rotatable bonds is 4. The monoisotopic (exact) mass is 344 g/mol. The number of benzene rings is 1. The molecule has 1 aliphatic rings. The van der Waals surface area contributed by atoms with Crippen LogP contribution in [0.5, 0.6) is 0 Å². The van der Waals surface area contributed by atoms with E-state index in [0.717, 1.165) is 35.9 Å². The number of amides is 1. The minimum absolute atomic E-state index is 0.202. The molecule has 1 saturated heterocycles. The van der Waals surface area contributed by atoms with Crippen molar-refractivity contribution >= 4 is 17.7 Å². The molecule has 0 saturated carbocycles. The van der Waals surface area contributed by atoms with Gasteiger partial charge in [0.25, 0.3) is 0 Å². The zero-order valence-corrected chi connectivity index (χ0v) is 15.3. The molecule has 0 unspecified atom stereocenters. The Hall–Kier alpha value is -1.82. The molecular formula is C18H24N4OS. The molecule has 5 nitrogen and oxygen atoms in total. The second-order valence-electron chi connectivity index (χ2n) is 6.40. The van der Waals surface area contributed by atoms with Crippen molar-refractivity contribution in [3.63, 3.8) is 0 Å². The third-order valence-corrected chi connectivity index (χ3v) is 5.67. The Balaban J connectivity index is 1.69. The summed E-state index contributed by atoms with van der Waals surface area (Å²) in [6.45, 7) is 5.09. The predicted octanol–water partition coefficient (Wildman–Crippen LogP) is 3.28. The minimum atomic E-state index is 0.202. The van der Waals surface area contributed by atoms with Crippen LogP contribution in [-0.4, -0.2) is 43.9 Å². The number of hydrogen-bond acceptors (Lipinski definition) is 4. The average Bonchev–Trinajstić information content (AvgIpc) is 2.94. The summed E-state index contributed by atoms with van der Waals surface area (Å²) in [6, 6.07) is 8.50. The van der Waals surface area contributed by atoms with Gasteiger partial charge in [0.15, 0.2) is 11.0 Å². The van der Waals surface area contributed by atoms with E-state index >= 15 is 0 Å². The van der Waals surface area contributed by atoms with E-state index in [0.29, 0.717) is 11.8 Å². The van der Waals surface area contributed by atoms with Gasteiger partial charge in [-0.15, -0.1) is 10.2 Å². The molecule has 128 valence electrons. The highest BCUT2D eigenvalue weighted by molar-refractivity contribution is 7.99. The summed E-state index contributed by atoms with van der Waals surface area (Å²) < 4.78 is 1.97. The standard InChI is InChI=1S/C18H24N4OS/c1-13-8-4-5-10-15(13)17-19-20-18(21(17)3)24-12-16(23)22-11-7-6-9-14(22)2/h4-5,8,10,14H,6-7,9,11-12H2,1-3H3/t14-/m1/s1.